The molecule has 0 spiro atoms. The smallest absolute Gasteiger partial charge is 0.207 e. The summed E-state index contributed by atoms with van der Waals surface area (Å²) in [4.78, 5) is 0.354. The van der Waals surface area contributed by atoms with E-state index in [1.807, 2.05) is 13.8 Å². The highest BCUT2D eigenvalue weighted by atomic mass is 35.5. The summed E-state index contributed by atoms with van der Waals surface area (Å²) in [6.07, 6.45) is 5.40. The first-order valence-corrected chi connectivity index (χ1v) is 9.06. The average Bonchev–Trinajstić information content (AvgIpc) is 2.43. The molecular formula is C15H22ClNO2S. The van der Waals surface area contributed by atoms with Crippen LogP contribution in [0.25, 0.3) is 0 Å². The predicted octanol–water partition coefficient (Wildman–Crippen LogP) is 3.99. The molecule has 20 heavy (non-hydrogen) atoms. The Kier molecular flexibility index (Phi) is 5.10. The van der Waals surface area contributed by atoms with Gasteiger partial charge in [-0.2, -0.15) is 4.31 Å². The molecule has 0 unspecified atom stereocenters. The quantitative estimate of drug-likeness (QED) is 0.842. The van der Waals surface area contributed by atoms with Crippen LogP contribution in [0.5, 0.6) is 0 Å². The monoisotopic (exact) mass is 315 g/mol. The van der Waals surface area contributed by atoms with Crippen molar-refractivity contribution >= 4 is 21.6 Å². The van der Waals surface area contributed by atoms with Gasteiger partial charge >= 0.3 is 0 Å². The van der Waals surface area contributed by atoms with E-state index in [0.717, 1.165) is 31.2 Å². The number of halogens is 1. The Morgan fingerprint density at radius 1 is 1.25 bits per heavy atom. The van der Waals surface area contributed by atoms with Crippen molar-refractivity contribution in [3.8, 4) is 0 Å². The fourth-order valence-electron chi connectivity index (χ4n) is 2.91. The summed E-state index contributed by atoms with van der Waals surface area (Å²) in [5.74, 6) is 0. The average molecular weight is 316 g/mol. The maximum absolute atomic E-state index is 12.8. The summed E-state index contributed by atoms with van der Waals surface area (Å²) < 4.78 is 27.3. The Bertz CT molecular complexity index is 565. The molecule has 3 nitrogen and oxygen atoms in total. The largest absolute Gasteiger partial charge is 0.243 e. The number of benzene rings is 1. The number of hydrogen-bond acceptors (Lipinski definition) is 2. The van der Waals surface area contributed by atoms with Crippen LogP contribution in [-0.4, -0.2) is 25.3 Å². The number of rotatable bonds is 4. The van der Waals surface area contributed by atoms with Crippen molar-refractivity contribution in [1.29, 1.82) is 0 Å². The van der Waals surface area contributed by atoms with Gasteiger partial charge in [-0.05, 0) is 43.5 Å². The fraction of sp³-hybridized carbons (Fsp3) is 0.600. The molecule has 0 radical (unpaired) electrons. The molecule has 0 atom stereocenters. The van der Waals surface area contributed by atoms with E-state index in [9.17, 15) is 8.42 Å². The lowest BCUT2D eigenvalue weighted by atomic mass is 9.95. The highest BCUT2D eigenvalue weighted by molar-refractivity contribution is 7.89. The van der Waals surface area contributed by atoms with Crippen molar-refractivity contribution in [2.45, 2.75) is 56.9 Å². The van der Waals surface area contributed by atoms with Gasteiger partial charge in [-0.3, -0.25) is 0 Å². The first-order chi connectivity index (χ1) is 9.46. The first-order valence-electron chi connectivity index (χ1n) is 7.25. The lowest BCUT2D eigenvalue weighted by Gasteiger charge is -2.32. The minimum Gasteiger partial charge on any atom is -0.207 e. The molecule has 2 rings (SSSR count). The van der Waals surface area contributed by atoms with Crippen molar-refractivity contribution in [2.75, 3.05) is 6.54 Å². The van der Waals surface area contributed by atoms with Gasteiger partial charge in [0.25, 0.3) is 0 Å². The molecule has 1 fully saturated rings. The summed E-state index contributed by atoms with van der Waals surface area (Å²) in [5.41, 5.74) is 0.799. The molecule has 0 amide bonds. The zero-order valence-corrected chi connectivity index (χ0v) is 13.7. The second-order valence-corrected chi connectivity index (χ2v) is 7.71. The van der Waals surface area contributed by atoms with Crippen LogP contribution in [0.1, 0.15) is 44.6 Å². The van der Waals surface area contributed by atoms with Crippen molar-refractivity contribution in [3.63, 3.8) is 0 Å². The molecule has 0 bridgehead atoms. The normalized spacial score (nSPS) is 17.6. The van der Waals surface area contributed by atoms with Gasteiger partial charge in [0.15, 0.2) is 0 Å². The van der Waals surface area contributed by atoms with E-state index in [4.69, 9.17) is 11.6 Å². The van der Waals surface area contributed by atoms with Gasteiger partial charge in [-0.25, -0.2) is 8.42 Å². The van der Waals surface area contributed by atoms with Gasteiger partial charge in [0.2, 0.25) is 10.0 Å². The van der Waals surface area contributed by atoms with Crippen LogP contribution in [0, 0.1) is 6.92 Å². The van der Waals surface area contributed by atoms with Gasteiger partial charge in [0.1, 0.15) is 0 Å². The maximum atomic E-state index is 12.8. The van der Waals surface area contributed by atoms with Crippen molar-refractivity contribution in [3.05, 3.63) is 28.8 Å². The zero-order valence-electron chi connectivity index (χ0n) is 12.1. The van der Waals surface area contributed by atoms with E-state index in [1.165, 1.54) is 6.42 Å². The Hall–Kier alpha value is -0.580. The topological polar surface area (TPSA) is 37.4 Å². The van der Waals surface area contributed by atoms with E-state index >= 15 is 0 Å². The van der Waals surface area contributed by atoms with E-state index in [0.29, 0.717) is 16.5 Å². The molecule has 5 heteroatoms. The third kappa shape index (κ3) is 3.18. The lowest BCUT2D eigenvalue weighted by Crippen LogP contribution is -2.41. The highest BCUT2D eigenvalue weighted by Gasteiger charge is 2.31. The Morgan fingerprint density at radius 2 is 1.90 bits per heavy atom. The summed E-state index contributed by atoms with van der Waals surface area (Å²) in [7, 11) is -3.42. The van der Waals surface area contributed by atoms with Crippen molar-refractivity contribution in [2.24, 2.45) is 0 Å². The second-order valence-electron chi connectivity index (χ2n) is 5.41. The lowest BCUT2D eigenvalue weighted by molar-refractivity contribution is 0.261. The summed E-state index contributed by atoms with van der Waals surface area (Å²) in [5, 5.41) is 0.602. The van der Waals surface area contributed by atoms with Gasteiger partial charge in [0.05, 0.1) is 4.90 Å². The third-order valence-corrected chi connectivity index (χ3v) is 6.48. The Morgan fingerprint density at radius 3 is 2.45 bits per heavy atom. The molecule has 0 saturated heterocycles. The van der Waals surface area contributed by atoms with Gasteiger partial charge in [-0.1, -0.05) is 37.8 Å². The molecule has 0 heterocycles. The summed E-state index contributed by atoms with van der Waals surface area (Å²) in [6, 6.07) is 5.09. The Labute approximate surface area is 127 Å². The molecule has 112 valence electrons. The van der Waals surface area contributed by atoms with Gasteiger partial charge in [-0.15, -0.1) is 0 Å². The highest BCUT2D eigenvalue weighted by Crippen LogP contribution is 2.29. The zero-order chi connectivity index (χ0) is 14.8. The van der Waals surface area contributed by atoms with E-state index in [1.54, 1.807) is 22.5 Å². The summed E-state index contributed by atoms with van der Waals surface area (Å²) in [6.45, 7) is 4.27. The molecule has 1 aliphatic carbocycles. The third-order valence-electron chi connectivity index (χ3n) is 4.03. The maximum Gasteiger partial charge on any atom is 0.243 e. The molecule has 0 N–H and O–H groups in total. The van der Waals surface area contributed by atoms with Crippen molar-refractivity contribution < 1.29 is 8.42 Å². The van der Waals surface area contributed by atoms with Crippen LogP contribution in [0.3, 0.4) is 0 Å². The molecule has 1 aliphatic rings. The number of aryl methyl sites for hydroxylation is 1. The number of hydrogen-bond donors (Lipinski definition) is 0. The van der Waals surface area contributed by atoms with Crippen LogP contribution >= 0.6 is 11.6 Å². The second kappa shape index (κ2) is 6.46. The summed E-state index contributed by atoms with van der Waals surface area (Å²) >= 11 is 5.98. The number of sulfonamides is 1. The molecular weight excluding hydrogens is 294 g/mol. The molecule has 1 aromatic carbocycles. The van der Waals surface area contributed by atoms with Crippen LogP contribution < -0.4 is 0 Å². The standard InChI is InChI=1S/C15H22ClNO2S/c1-3-17(13-7-5-4-6-8-13)20(18,19)14-9-10-15(16)12(2)11-14/h9-11,13H,3-8H2,1-2H3. The minimum absolute atomic E-state index is 0.148. The van der Waals surface area contributed by atoms with Gasteiger partial charge < -0.3 is 0 Å². The molecule has 0 aromatic heterocycles. The first kappa shape index (κ1) is 15.8. The Balaban J connectivity index is 2.32. The van der Waals surface area contributed by atoms with Crippen LogP contribution in [0.4, 0.5) is 0 Å². The van der Waals surface area contributed by atoms with Crippen LogP contribution in [-0.2, 0) is 10.0 Å². The minimum atomic E-state index is -3.42. The van der Waals surface area contributed by atoms with Crippen molar-refractivity contribution in [1.82, 2.24) is 4.31 Å². The molecule has 0 aliphatic heterocycles. The van der Waals surface area contributed by atoms with E-state index < -0.39 is 10.0 Å². The number of nitrogens with zero attached hydrogens (tertiary/aromatic N) is 1. The predicted molar refractivity (Wildman–Crippen MR) is 82.6 cm³/mol. The van der Waals surface area contributed by atoms with E-state index in [-0.39, 0.29) is 6.04 Å². The fourth-order valence-corrected chi connectivity index (χ4v) is 4.80. The molecule has 1 aromatic rings. The molecule has 1 saturated carbocycles. The van der Waals surface area contributed by atoms with Crippen LogP contribution in [0.15, 0.2) is 23.1 Å². The van der Waals surface area contributed by atoms with Gasteiger partial charge in [0, 0.05) is 17.6 Å². The van der Waals surface area contributed by atoms with Crippen LogP contribution in [0.2, 0.25) is 5.02 Å². The van der Waals surface area contributed by atoms with E-state index in [2.05, 4.69) is 0 Å². The SMILES string of the molecule is CCN(C1CCCCC1)S(=O)(=O)c1ccc(Cl)c(C)c1.